The van der Waals surface area contributed by atoms with Gasteiger partial charge < -0.3 is 0 Å². The first-order chi connectivity index (χ1) is 8.13. The summed E-state index contributed by atoms with van der Waals surface area (Å²) < 4.78 is 1.65. The van der Waals surface area contributed by atoms with E-state index in [0.29, 0.717) is 11.8 Å². The molecule has 0 heterocycles. The monoisotopic (exact) mass is 330 g/mol. The highest BCUT2D eigenvalue weighted by molar-refractivity contribution is 9.10. The van der Waals surface area contributed by atoms with Gasteiger partial charge in [-0.3, -0.25) is 9.59 Å². The third kappa shape index (κ3) is 3.72. The summed E-state index contributed by atoms with van der Waals surface area (Å²) in [6.07, 6.45) is 4.33. The van der Waals surface area contributed by atoms with Crippen LogP contribution in [0, 0.1) is 0 Å². The molecule has 0 aromatic heterocycles. The number of thioether (sulfide) groups is 2. The number of aldehydes is 1. The average Bonchev–Trinajstić information content (AvgIpc) is 2.36. The fourth-order valence-corrected chi connectivity index (χ4v) is 2.91. The van der Waals surface area contributed by atoms with Crippen molar-refractivity contribution in [1.82, 2.24) is 0 Å². The number of rotatable bonds is 5. The van der Waals surface area contributed by atoms with Gasteiger partial charge in [-0.2, -0.15) is 0 Å². The Morgan fingerprint density at radius 1 is 1.18 bits per heavy atom. The number of ketones is 1. The zero-order valence-electron chi connectivity index (χ0n) is 9.40. The number of halogens is 1. The van der Waals surface area contributed by atoms with Gasteiger partial charge in [0.1, 0.15) is 0 Å². The molecule has 0 atom stereocenters. The van der Waals surface area contributed by atoms with Crippen molar-refractivity contribution >= 4 is 51.5 Å². The molecule has 0 aliphatic rings. The molecule has 0 radical (unpaired) electrons. The molecule has 0 saturated carbocycles. The normalized spacial score (nSPS) is 9.82. The van der Waals surface area contributed by atoms with Crippen LogP contribution in [-0.4, -0.2) is 24.6 Å². The molecule has 0 bridgehead atoms. The summed E-state index contributed by atoms with van der Waals surface area (Å²) in [6.45, 7) is 0. The topological polar surface area (TPSA) is 34.1 Å². The lowest BCUT2D eigenvalue weighted by atomic mass is 10.1. The average molecular weight is 331 g/mol. The van der Waals surface area contributed by atoms with Crippen LogP contribution in [-0.2, 0) is 4.79 Å². The minimum absolute atomic E-state index is 0.229. The quantitative estimate of drug-likeness (QED) is 0.270. The molecule has 17 heavy (non-hydrogen) atoms. The number of carbonyl (C=O) groups is 2. The summed E-state index contributed by atoms with van der Waals surface area (Å²) in [7, 11) is 0. The van der Waals surface area contributed by atoms with Crippen molar-refractivity contribution in [3.8, 4) is 0 Å². The SMILES string of the molecule is CSC(SC)=C(C=O)C(=O)c1ccc(Br)cc1. The summed E-state index contributed by atoms with van der Waals surface area (Å²) >= 11 is 6.12. The van der Waals surface area contributed by atoms with E-state index in [0.717, 1.165) is 8.71 Å². The van der Waals surface area contributed by atoms with Crippen LogP contribution < -0.4 is 0 Å². The van der Waals surface area contributed by atoms with Crippen molar-refractivity contribution in [1.29, 1.82) is 0 Å². The zero-order chi connectivity index (χ0) is 12.8. The van der Waals surface area contributed by atoms with Crippen LogP contribution in [0.25, 0.3) is 0 Å². The Kier molecular flexibility index (Phi) is 6.02. The Morgan fingerprint density at radius 3 is 2.12 bits per heavy atom. The highest BCUT2D eigenvalue weighted by atomic mass is 79.9. The molecule has 2 nitrogen and oxygen atoms in total. The van der Waals surface area contributed by atoms with Crippen LogP contribution in [0.5, 0.6) is 0 Å². The van der Waals surface area contributed by atoms with Crippen molar-refractivity contribution in [2.45, 2.75) is 0 Å². The molecule has 1 aromatic carbocycles. The molecule has 0 N–H and O–H groups in total. The third-order valence-electron chi connectivity index (χ3n) is 2.06. The zero-order valence-corrected chi connectivity index (χ0v) is 12.6. The number of carbonyl (C=O) groups excluding carboxylic acids is 2. The second-order valence-electron chi connectivity index (χ2n) is 3.06. The van der Waals surface area contributed by atoms with E-state index in [-0.39, 0.29) is 11.4 Å². The van der Waals surface area contributed by atoms with Gasteiger partial charge in [-0.15, -0.1) is 23.5 Å². The largest absolute Gasteiger partial charge is 0.298 e. The minimum atomic E-state index is -0.230. The van der Waals surface area contributed by atoms with E-state index < -0.39 is 0 Å². The first-order valence-corrected chi connectivity index (χ1v) is 7.96. The molecular formula is C12H11BrO2S2. The lowest BCUT2D eigenvalue weighted by Gasteiger charge is -2.05. The van der Waals surface area contributed by atoms with Crippen LogP contribution >= 0.6 is 39.5 Å². The molecular weight excluding hydrogens is 320 g/mol. The van der Waals surface area contributed by atoms with Gasteiger partial charge in [0, 0.05) is 10.0 Å². The standard InChI is InChI=1S/C12H11BrO2S2/c1-16-12(17-2)10(7-14)11(15)8-3-5-9(13)6-4-8/h3-7H,1-2H3. The van der Waals surface area contributed by atoms with Gasteiger partial charge in [-0.05, 0) is 36.8 Å². The first-order valence-electron chi connectivity index (χ1n) is 4.71. The highest BCUT2D eigenvalue weighted by Gasteiger charge is 2.16. The van der Waals surface area contributed by atoms with Gasteiger partial charge in [0.05, 0.1) is 9.81 Å². The van der Waals surface area contributed by atoms with E-state index in [9.17, 15) is 9.59 Å². The molecule has 0 unspecified atom stereocenters. The van der Waals surface area contributed by atoms with Gasteiger partial charge in [0.2, 0.25) is 0 Å². The van der Waals surface area contributed by atoms with Gasteiger partial charge in [0.15, 0.2) is 12.1 Å². The Balaban J connectivity index is 3.14. The molecule has 0 aliphatic heterocycles. The highest BCUT2D eigenvalue weighted by Crippen LogP contribution is 2.28. The molecule has 90 valence electrons. The Hall–Kier alpha value is -0.520. The third-order valence-corrected chi connectivity index (χ3v) is 4.77. The summed E-state index contributed by atoms with van der Waals surface area (Å²) in [5.41, 5.74) is 0.753. The van der Waals surface area contributed by atoms with Gasteiger partial charge >= 0.3 is 0 Å². The van der Waals surface area contributed by atoms with E-state index in [1.807, 2.05) is 12.5 Å². The minimum Gasteiger partial charge on any atom is -0.298 e. The fourth-order valence-electron chi connectivity index (χ4n) is 1.25. The van der Waals surface area contributed by atoms with E-state index in [1.54, 1.807) is 24.3 Å². The summed E-state index contributed by atoms with van der Waals surface area (Å²) in [5.74, 6) is -0.230. The Morgan fingerprint density at radius 2 is 1.71 bits per heavy atom. The molecule has 1 rings (SSSR count). The summed E-state index contributed by atoms with van der Waals surface area (Å²) in [6, 6.07) is 6.98. The van der Waals surface area contributed by atoms with Crippen LogP contribution in [0.15, 0.2) is 38.5 Å². The lowest BCUT2D eigenvalue weighted by Crippen LogP contribution is -2.06. The van der Waals surface area contributed by atoms with Gasteiger partial charge in [0.25, 0.3) is 0 Å². The van der Waals surface area contributed by atoms with E-state index in [2.05, 4.69) is 15.9 Å². The Labute approximate surface area is 117 Å². The molecule has 0 spiro atoms. The maximum absolute atomic E-state index is 12.1. The second kappa shape index (κ2) is 7.03. The maximum atomic E-state index is 12.1. The van der Waals surface area contributed by atoms with Gasteiger partial charge in [-0.25, -0.2) is 0 Å². The van der Waals surface area contributed by atoms with Crippen molar-refractivity contribution in [2.24, 2.45) is 0 Å². The predicted molar refractivity (Wildman–Crippen MR) is 78.6 cm³/mol. The first kappa shape index (κ1) is 14.5. The van der Waals surface area contributed by atoms with Crippen molar-refractivity contribution in [3.63, 3.8) is 0 Å². The van der Waals surface area contributed by atoms with Crippen molar-refractivity contribution < 1.29 is 9.59 Å². The number of Topliss-reactive ketones (excluding diaryl/α,β-unsaturated/α-hetero) is 1. The van der Waals surface area contributed by atoms with Crippen LogP contribution in [0.2, 0.25) is 0 Å². The molecule has 0 fully saturated rings. The van der Waals surface area contributed by atoms with Crippen LogP contribution in [0.3, 0.4) is 0 Å². The summed E-state index contributed by atoms with van der Waals surface area (Å²) in [5, 5.41) is 0. The van der Waals surface area contributed by atoms with Crippen LogP contribution in [0.1, 0.15) is 10.4 Å². The van der Waals surface area contributed by atoms with E-state index in [1.165, 1.54) is 23.5 Å². The van der Waals surface area contributed by atoms with E-state index >= 15 is 0 Å². The number of hydrogen-bond donors (Lipinski definition) is 0. The Bertz CT molecular complexity index is 446. The number of hydrogen-bond acceptors (Lipinski definition) is 4. The molecule has 0 aliphatic carbocycles. The summed E-state index contributed by atoms with van der Waals surface area (Å²) in [4.78, 5) is 23.1. The molecule has 1 aromatic rings. The lowest BCUT2D eigenvalue weighted by molar-refractivity contribution is -0.104. The fraction of sp³-hybridized carbons (Fsp3) is 0.167. The van der Waals surface area contributed by atoms with Gasteiger partial charge in [-0.1, -0.05) is 15.9 Å². The maximum Gasteiger partial charge on any atom is 0.197 e. The van der Waals surface area contributed by atoms with E-state index in [4.69, 9.17) is 0 Å². The second-order valence-corrected chi connectivity index (χ2v) is 5.87. The predicted octanol–water partition coefficient (Wildman–Crippen LogP) is 3.77. The molecule has 0 amide bonds. The molecule has 5 heteroatoms. The van der Waals surface area contributed by atoms with Crippen molar-refractivity contribution in [2.75, 3.05) is 12.5 Å². The number of allylic oxidation sites excluding steroid dienone is 1. The number of benzene rings is 1. The molecule has 0 saturated heterocycles. The smallest absolute Gasteiger partial charge is 0.197 e. The van der Waals surface area contributed by atoms with Crippen LogP contribution in [0.4, 0.5) is 0 Å². The van der Waals surface area contributed by atoms with Crippen molar-refractivity contribution in [3.05, 3.63) is 44.1 Å².